The summed E-state index contributed by atoms with van der Waals surface area (Å²) in [4.78, 5) is 37.7. The summed E-state index contributed by atoms with van der Waals surface area (Å²) >= 11 is 1.44. The van der Waals surface area contributed by atoms with E-state index in [9.17, 15) is 14.4 Å². The molecular formula is C23H27NO5S. The van der Waals surface area contributed by atoms with Gasteiger partial charge >= 0.3 is 11.9 Å². The van der Waals surface area contributed by atoms with Gasteiger partial charge in [0.25, 0.3) is 0 Å². The lowest BCUT2D eigenvalue weighted by molar-refractivity contribution is -0.144. The molecule has 1 aromatic heterocycles. The van der Waals surface area contributed by atoms with Crippen LogP contribution >= 0.6 is 11.3 Å². The highest BCUT2D eigenvalue weighted by Gasteiger charge is 2.30. The standard InChI is InChI=1S/C23H27NO5S/c1-3-28-20(26)13-12-19(25)24-22-21(23(27)29-4-2)17-11-10-16(14-18(17)30-22)15-8-6-5-7-9-15/h5-9,16H,3-4,10-14H2,1-2H3,(H,24,25)/t16-/m0/s1. The Kier molecular flexibility index (Phi) is 7.63. The fourth-order valence-corrected chi connectivity index (χ4v) is 5.07. The van der Waals surface area contributed by atoms with E-state index in [1.165, 1.54) is 16.9 Å². The molecule has 0 radical (unpaired) electrons. The molecule has 160 valence electrons. The number of nitrogens with one attached hydrogen (secondary N) is 1. The van der Waals surface area contributed by atoms with Crippen molar-refractivity contribution < 1.29 is 23.9 Å². The van der Waals surface area contributed by atoms with Gasteiger partial charge < -0.3 is 14.8 Å². The molecule has 0 fully saturated rings. The molecule has 1 N–H and O–H groups in total. The van der Waals surface area contributed by atoms with E-state index in [0.29, 0.717) is 16.5 Å². The highest BCUT2D eigenvalue weighted by atomic mass is 32.1. The van der Waals surface area contributed by atoms with Crippen LogP contribution in [0.5, 0.6) is 0 Å². The highest BCUT2D eigenvalue weighted by Crippen LogP contribution is 2.42. The minimum Gasteiger partial charge on any atom is -0.466 e. The Morgan fingerprint density at radius 1 is 1.07 bits per heavy atom. The number of carbonyl (C=O) groups excluding carboxylic acids is 3. The van der Waals surface area contributed by atoms with Gasteiger partial charge in [-0.05, 0) is 50.2 Å². The molecule has 3 rings (SSSR count). The number of rotatable bonds is 8. The molecule has 1 amide bonds. The predicted molar refractivity (Wildman–Crippen MR) is 116 cm³/mol. The monoisotopic (exact) mass is 429 g/mol. The zero-order valence-corrected chi connectivity index (χ0v) is 18.2. The SMILES string of the molecule is CCOC(=O)CCC(=O)Nc1sc2c(c1C(=O)OCC)CC[C@H](c1ccccc1)C2. The van der Waals surface area contributed by atoms with E-state index in [1.807, 2.05) is 18.2 Å². The number of fused-ring (bicyclic) bond motifs is 1. The molecule has 0 saturated heterocycles. The number of amides is 1. The summed E-state index contributed by atoms with van der Waals surface area (Å²) in [6.07, 6.45) is 2.55. The van der Waals surface area contributed by atoms with Crippen molar-refractivity contribution in [3.05, 3.63) is 51.9 Å². The molecule has 1 atom stereocenters. The zero-order chi connectivity index (χ0) is 21.5. The third-order valence-corrected chi connectivity index (χ3v) is 6.30. The maximum absolute atomic E-state index is 12.6. The summed E-state index contributed by atoms with van der Waals surface area (Å²) in [5, 5.41) is 3.34. The van der Waals surface area contributed by atoms with Crippen LogP contribution < -0.4 is 5.32 Å². The number of hydrogen-bond acceptors (Lipinski definition) is 6. The Morgan fingerprint density at radius 2 is 1.80 bits per heavy atom. The number of hydrogen-bond donors (Lipinski definition) is 1. The van der Waals surface area contributed by atoms with E-state index in [4.69, 9.17) is 9.47 Å². The van der Waals surface area contributed by atoms with Crippen molar-refractivity contribution in [2.45, 2.75) is 51.9 Å². The van der Waals surface area contributed by atoms with Crippen LogP contribution in [0.4, 0.5) is 5.00 Å². The van der Waals surface area contributed by atoms with Crippen molar-refractivity contribution in [1.29, 1.82) is 0 Å². The topological polar surface area (TPSA) is 81.7 Å². The fraction of sp³-hybridized carbons (Fsp3) is 0.435. The van der Waals surface area contributed by atoms with Crippen LogP contribution in [-0.4, -0.2) is 31.1 Å². The normalized spacial score (nSPS) is 15.2. The lowest BCUT2D eigenvalue weighted by Crippen LogP contribution is -2.17. The van der Waals surface area contributed by atoms with E-state index < -0.39 is 11.9 Å². The number of anilines is 1. The number of thiophene rings is 1. The molecular weight excluding hydrogens is 402 g/mol. The first-order valence-electron chi connectivity index (χ1n) is 10.4. The van der Waals surface area contributed by atoms with E-state index in [-0.39, 0.29) is 32.0 Å². The van der Waals surface area contributed by atoms with Gasteiger partial charge in [-0.2, -0.15) is 0 Å². The minimum atomic E-state index is -0.408. The quantitative estimate of drug-likeness (QED) is 0.626. The average molecular weight is 430 g/mol. The van der Waals surface area contributed by atoms with Crippen molar-refractivity contribution in [3.8, 4) is 0 Å². The molecule has 0 spiro atoms. The lowest BCUT2D eigenvalue weighted by atomic mass is 9.83. The van der Waals surface area contributed by atoms with Gasteiger partial charge in [0, 0.05) is 11.3 Å². The van der Waals surface area contributed by atoms with Crippen molar-refractivity contribution in [1.82, 2.24) is 0 Å². The first-order chi connectivity index (χ1) is 14.5. The van der Waals surface area contributed by atoms with Crippen LogP contribution in [0.25, 0.3) is 0 Å². The van der Waals surface area contributed by atoms with Gasteiger partial charge in [0.15, 0.2) is 0 Å². The third kappa shape index (κ3) is 5.27. The highest BCUT2D eigenvalue weighted by molar-refractivity contribution is 7.17. The van der Waals surface area contributed by atoms with Crippen LogP contribution in [0.1, 0.15) is 65.4 Å². The van der Waals surface area contributed by atoms with Gasteiger partial charge in [-0.3, -0.25) is 9.59 Å². The molecule has 2 aromatic rings. The van der Waals surface area contributed by atoms with Crippen LogP contribution in [0, 0.1) is 0 Å². The van der Waals surface area contributed by atoms with Crippen molar-refractivity contribution in [2.75, 3.05) is 18.5 Å². The Labute approximate surface area is 180 Å². The molecule has 7 heteroatoms. The minimum absolute atomic E-state index is 0.00951. The largest absolute Gasteiger partial charge is 0.466 e. The summed E-state index contributed by atoms with van der Waals surface area (Å²) in [5.41, 5.74) is 2.73. The summed E-state index contributed by atoms with van der Waals surface area (Å²) in [6.45, 7) is 4.04. The number of esters is 2. The van der Waals surface area contributed by atoms with Gasteiger partial charge in [0.1, 0.15) is 5.00 Å². The lowest BCUT2D eigenvalue weighted by Gasteiger charge is -2.23. The number of carbonyl (C=O) groups is 3. The number of benzene rings is 1. The van der Waals surface area contributed by atoms with Gasteiger partial charge in [-0.1, -0.05) is 30.3 Å². The van der Waals surface area contributed by atoms with Gasteiger partial charge in [-0.15, -0.1) is 11.3 Å². The van der Waals surface area contributed by atoms with Gasteiger partial charge in [-0.25, -0.2) is 4.79 Å². The van der Waals surface area contributed by atoms with Crippen molar-refractivity contribution in [2.24, 2.45) is 0 Å². The molecule has 30 heavy (non-hydrogen) atoms. The van der Waals surface area contributed by atoms with E-state index in [0.717, 1.165) is 29.7 Å². The van der Waals surface area contributed by atoms with Crippen molar-refractivity contribution in [3.63, 3.8) is 0 Å². The van der Waals surface area contributed by atoms with Crippen molar-refractivity contribution >= 4 is 34.2 Å². The second-order valence-electron chi connectivity index (χ2n) is 7.13. The van der Waals surface area contributed by atoms with Crippen LogP contribution in [0.2, 0.25) is 0 Å². The fourth-order valence-electron chi connectivity index (χ4n) is 3.74. The first-order valence-corrected chi connectivity index (χ1v) is 11.2. The molecule has 1 aliphatic rings. The molecule has 1 heterocycles. The molecule has 0 bridgehead atoms. The maximum atomic E-state index is 12.6. The summed E-state index contributed by atoms with van der Waals surface area (Å²) < 4.78 is 10.1. The maximum Gasteiger partial charge on any atom is 0.341 e. The molecule has 1 aliphatic carbocycles. The van der Waals surface area contributed by atoms with E-state index in [2.05, 4.69) is 17.4 Å². The predicted octanol–water partition coefficient (Wildman–Crippen LogP) is 4.48. The Balaban J connectivity index is 1.79. The summed E-state index contributed by atoms with van der Waals surface area (Å²) in [5.74, 6) is -0.741. The first kappa shape index (κ1) is 22.0. The smallest absolute Gasteiger partial charge is 0.341 e. The van der Waals surface area contributed by atoms with Crippen LogP contribution in [0.3, 0.4) is 0 Å². The number of ether oxygens (including phenoxy) is 2. The van der Waals surface area contributed by atoms with Crippen LogP contribution in [0.15, 0.2) is 30.3 Å². The molecule has 0 aliphatic heterocycles. The third-order valence-electron chi connectivity index (χ3n) is 5.13. The molecule has 0 saturated carbocycles. The summed E-state index contributed by atoms with van der Waals surface area (Å²) in [7, 11) is 0. The Bertz CT molecular complexity index is 906. The average Bonchev–Trinajstić information content (AvgIpc) is 3.10. The summed E-state index contributed by atoms with van der Waals surface area (Å²) in [6, 6.07) is 10.4. The van der Waals surface area contributed by atoms with Crippen LogP contribution in [-0.2, 0) is 31.9 Å². The Hall–Kier alpha value is -2.67. The van der Waals surface area contributed by atoms with Gasteiger partial charge in [0.2, 0.25) is 5.91 Å². The molecule has 6 nitrogen and oxygen atoms in total. The zero-order valence-electron chi connectivity index (χ0n) is 17.4. The second kappa shape index (κ2) is 10.4. The van der Waals surface area contributed by atoms with E-state index in [1.54, 1.807) is 13.8 Å². The van der Waals surface area contributed by atoms with Gasteiger partial charge in [0.05, 0.1) is 25.2 Å². The second-order valence-corrected chi connectivity index (χ2v) is 8.24. The molecule has 1 aromatic carbocycles. The Morgan fingerprint density at radius 3 is 2.50 bits per heavy atom. The molecule has 0 unspecified atom stereocenters. The van der Waals surface area contributed by atoms with E-state index >= 15 is 0 Å².